The van der Waals surface area contributed by atoms with Gasteiger partial charge in [-0.2, -0.15) is 0 Å². The number of carbonyl (C=O) groups excluding carboxylic acids is 3. The molecule has 0 aromatic heterocycles. The Labute approximate surface area is 212 Å². The summed E-state index contributed by atoms with van der Waals surface area (Å²) in [6.45, 7) is 3.63. The number of fused-ring (bicyclic) bond motifs is 1. The van der Waals surface area contributed by atoms with Crippen LogP contribution in [0.5, 0.6) is 11.5 Å². The van der Waals surface area contributed by atoms with Gasteiger partial charge < -0.3 is 19.3 Å². The molecule has 3 aliphatic heterocycles. The molecule has 0 aliphatic carbocycles. The molecule has 190 valence electrons. The summed E-state index contributed by atoms with van der Waals surface area (Å²) in [6.07, 6.45) is 5.08. The van der Waals surface area contributed by atoms with Crippen LogP contribution in [0.1, 0.15) is 61.4 Å². The van der Waals surface area contributed by atoms with E-state index in [4.69, 9.17) is 9.47 Å². The Morgan fingerprint density at radius 3 is 2.56 bits per heavy atom. The number of aryl methyl sites for hydroxylation is 1. The number of carbonyl (C=O) groups is 3. The molecule has 5 rings (SSSR count). The number of anilines is 1. The van der Waals surface area contributed by atoms with E-state index in [9.17, 15) is 14.4 Å². The van der Waals surface area contributed by atoms with Crippen molar-refractivity contribution in [3.63, 3.8) is 0 Å². The molecule has 2 saturated heterocycles. The zero-order chi connectivity index (χ0) is 25.3. The van der Waals surface area contributed by atoms with E-state index in [1.54, 1.807) is 30.2 Å². The summed E-state index contributed by atoms with van der Waals surface area (Å²) in [5.41, 5.74) is 2.11. The lowest BCUT2D eigenvalue weighted by Crippen LogP contribution is -2.53. The number of rotatable bonds is 6. The van der Waals surface area contributed by atoms with Gasteiger partial charge in [-0.25, -0.2) is 0 Å². The summed E-state index contributed by atoms with van der Waals surface area (Å²) >= 11 is 0. The van der Waals surface area contributed by atoms with Gasteiger partial charge in [0.15, 0.2) is 5.78 Å². The van der Waals surface area contributed by atoms with Crippen molar-refractivity contribution >= 4 is 23.3 Å². The first kappa shape index (κ1) is 24.3. The number of unbranched alkanes of at least 4 members (excludes halogenated alkanes) is 1. The molecule has 3 heterocycles. The molecule has 2 amide bonds. The third-order valence-electron chi connectivity index (χ3n) is 7.82. The maximum atomic E-state index is 13.3. The lowest BCUT2D eigenvalue weighted by molar-refractivity contribution is -0.139. The molecule has 7 nitrogen and oxygen atoms in total. The van der Waals surface area contributed by atoms with Gasteiger partial charge in [0.05, 0.1) is 25.0 Å². The standard InChI is InChI=1S/C29H34N2O5/c1-3-4-5-20-6-8-22(9-7-20)31-19-21(16-27(31)33)28(34)30-14-12-29(13-15-30)18-25(32)24-17-23(35-2)10-11-26(24)36-29/h6-11,17,21H,3-5,12-16,18-19H2,1-2H3. The maximum Gasteiger partial charge on any atom is 0.228 e. The Balaban J connectivity index is 1.19. The summed E-state index contributed by atoms with van der Waals surface area (Å²) in [7, 11) is 1.57. The Morgan fingerprint density at radius 2 is 1.86 bits per heavy atom. The second-order valence-corrected chi connectivity index (χ2v) is 10.2. The summed E-state index contributed by atoms with van der Waals surface area (Å²) in [5, 5.41) is 0. The number of hydrogen-bond acceptors (Lipinski definition) is 5. The van der Waals surface area contributed by atoms with Crippen LogP contribution < -0.4 is 14.4 Å². The fourth-order valence-corrected chi connectivity index (χ4v) is 5.62. The Bertz CT molecular complexity index is 1150. The van der Waals surface area contributed by atoms with Gasteiger partial charge in [0.2, 0.25) is 11.8 Å². The van der Waals surface area contributed by atoms with Crippen molar-refractivity contribution in [1.29, 1.82) is 0 Å². The third kappa shape index (κ3) is 4.71. The molecule has 2 fully saturated rings. The van der Waals surface area contributed by atoms with Crippen LogP contribution in [0, 0.1) is 5.92 Å². The van der Waals surface area contributed by atoms with E-state index in [0.29, 0.717) is 56.0 Å². The predicted octanol–water partition coefficient (Wildman–Crippen LogP) is 4.42. The first-order valence-corrected chi connectivity index (χ1v) is 13.0. The molecule has 36 heavy (non-hydrogen) atoms. The van der Waals surface area contributed by atoms with Crippen molar-refractivity contribution in [2.75, 3.05) is 31.6 Å². The zero-order valence-electron chi connectivity index (χ0n) is 21.1. The average molecular weight is 491 g/mol. The predicted molar refractivity (Wildman–Crippen MR) is 137 cm³/mol. The minimum absolute atomic E-state index is 0.00335. The van der Waals surface area contributed by atoms with Crippen molar-refractivity contribution in [3.05, 3.63) is 53.6 Å². The average Bonchev–Trinajstić information content (AvgIpc) is 3.29. The highest BCUT2D eigenvalue weighted by molar-refractivity contribution is 6.01. The maximum absolute atomic E-state index is 13.3. The second-order valence-electron chi connectivity index (χ2n) is 10.2. The lowest BCUT2D eigenvalue weighted by atomic mass is 9.82. The van der Waals surface area contributed by atoms with Gasteiger partial charge in [0, 0.05) is 44.6 Å². The van der Waals surface area contributed by atoms with Crippen molar-refractivity contribution in [2.24, 2.45) is 5.92 Å². The van der Waals surface area contributed by atoms with Crippen LogP contribution in [0.2, 0.25) is 0 Å². The number of likely N-dealkylation sites (tertiary alicyclic amines) is 1. The normalized spacial score (nSPS) is 20.9. The molecule has 0 radical (unpaired) electrons. The van der Waals surface area contributed by atoms with Crippen LogP contribution in [-0.2, 0) is 16.0 Å². The molecule has 0 saturated carbocycles. The molecular formula is C29H34N2O5. The summed E-state index contributed by atoms with van der Waals surface area (Å²) in [6, 6.07) is 13.5. The molecule has 3 aliphatic rings. The molecule has 1 spiro atoms. The minimum atomic E-state index is -0.577. The summed E-state index contributed by atoms with van der Waals surface area (Å²) < 4.78 is 11.6. The number of hydrogen-bond donors (Lipinski definition) is 0. The van der Waals surface area contributed by atoms with E-state index >= 15 is 0 Å². The van der Waals surface area contributed by atoms with Crippen LogP contribution in [0.15, 0.2) is 42.5 Å². The van der Waals surface area contributed by atoms with Gasteiger partial charge in [0.25, 0.3) is 0 Å². The SMILES string of the molecule is CCCCc1ccc(N2CC(C(=O)N3CCC4(CC3)CC(=O)c3cc(OC)ccc3O4)CC2=O)cc1. The fourth-order valence-electron chi connectivity index (χ4n) is 5.62. The number of methoxy groups -OCH3 is 1. The first-order chi connectivity index (χ1) is 17.4. The van der Waals surface area contributed by atoms with Crippen LogP contribution >= 0.6 is 0 Å². The number of Topliss-reactive ketones (excluding diaryl/α,β-unsaturated/α-hetero) is 1. The molecule has 0 N–H and O–H groups in total. The van der Waals surface area contributed by atoms with Crippen molar-refractivity contribution in [2.45, 2.75) is 57.5 Å². The molecule has 7 heteroatoms. The number of amides is 2. The van der Waals surface area contributed by atoms with Crippen LogP contribution in [0.25, 0.3) is 0 Å². The Kier molecular flexibility index (Phi) is 6.73. The van der Waals surface area contributed by atoms with Crippen molar-refractivity contribution in [1.82, 2.24) is 4.90 Å². The largest absolute Gasteiger partial charge is 0.497 e. The van der Waals surface area contributed by atoms with Crippen LogP contribution in [-0.4, -0.2) is 54.8 Å². The topological polar surface area (TPSA) is 76.2 Å². The number of ether oxygens (including phenoxy) is 2. The lowest BCUT2D eigenvalue weighted by Gasteiger charge is -2.44. The number of piperidine rings is 1. The van der Waals surface area contributed by atoms with E-state index in [-0.39, 0.29) is 29.9 Å². The highest BCUT2D eigenvalue weighted by Crippen LogP contribution is 2.41. The van der Waals surface area contributed by atoms with Crippen molar-refractivity contribution in [3.8, 4) is 11.5 Å². The van der Waals surface area contributed by atoms with Gasteiger partial charge >= 0.3 is 0 Å². The first-order valence-electron chi connectivity index (χ1n) is 13.0. The van der Waals surface area contributed by atoms with E-state index in [1.165, 1.54) is 5.56 Å². The molecule has 1 unspecified atom stereocenters. The smallest absolute Gasteiger partial charge is 0.228 e. The van der Waals surface area contributed by atoms with E-state index in [1.807, 2.05) is 17.0 Å². The quantitative estimate of drug-likeness (QED) is 0.599. The highest BCUT2D eigenvalue weighted by atomic mass is 16.5. The molecule has 2 aromatic carbocycles. The fraction of sp³-hybridized carbons (Fsp3) is 0.483. The minimum Gasteiger partial charge on any atom is -0.497 e. The second kappa shape index (κ2) is 9.96. The number of ketones is 1. The molecule has 0 bridgehead atoms. The van der Waals surface area contributed by atoms with Crippen LogP contribution in [0.4, 0.5) is 5.69 Å². The number of benzene rings is 2. The van der Waals surface area contributed by atoms with Gasteiger partial charge in [-0.05, 0) is 48.7 Å². The van der Waals surface area contributed by atoms with Gasteiger partial charge in [-0.15, -0.1) is 0 Å². The highest BCUT2D eigenvalue weighted by Gasteiger charge is 2.45. The summed E-state index contributed by atoms with van der Waals surface area (Å²) in [4.78, 5) is 42.5. The van der Waals surface area contributed by atoms with E-state index in [0.717, 1.165) is 24.9 Å². The van der Waals surface area contributed by atoms with Gasteiger partial charge in [-0.3, -0.25) is 14.4 Å². The molecule has 2 aromatic rings. The molecular weight excluding hydrogens is 456 g/mol. The van der Waals surface area contributed by atoms with Crippen molar-refractivity contribution < 1.29 is 23.9 Å². The monoisotopic (exact) mass is 490 g/mol. The number of nitrogens with zero attached hydrogens (tertiary/aromatic N) is 2. The van der Waals surface area contributed by atoms with Crippen LogP contribution in [0.3, 0.4) is 0 Å². The van der Waals surface area contributed by atoms with E-state index in [2.05, 4.69) is 19.1 Å². The van der Waals surface area contributed by atoms with E-state index < -0.39 is 5.60 Å². The third-order valence-corrected chi connectivity index (χ3v) is 7.82. The Hall–Kier alpha value is -3.35. The van der Waals surface area contributed by atoms with Gasteiger partial charge in [-0.1, -0.05) is 25.5 Å². The summed E-state index contributed by atoms with van der Waals surface area (Å²) in [5.74, 6) is 0.948. The zero-order valence-corrected chi connectivity index (χ0v) is 21.1. The molecule has 1 atom stereocenters. The van der Waals surface area contributed by atoms with Gasteiger partial charge in [0.1, 0.15) is 17.1 Å². The Morgan fingerprint density at radius 1 is 1.11 bits per heavy atom.